The Bertz CT molecular complexity index is 103. The van der Waals surface area contributed by atoms with Crippen LogP contribution in [0.4, 0.5) is 0 Å². The number of hydrogen-bond donors (Lipinski definition) is 0. The summed E-state index contributed by atoms with van der Waals surface area (Å²) in [5, 5.41) is 0. The third kappa shape index (κ3) is 0.655. The van der Waals surface area contributed by atoms with Gasteiger partial charge >= 0.3 is 0 Å². The van der Waals surface area contributed by atoms with Crippen LogP contribution < -0.4 is 0 Å². The lowest BCUT2D eigenvalue weighted by molar-refractivity contribution is 0.0256. The largest absolute Gasteiger partial charge is 0.378 e. The van der Waals surface area contributed by atoms with E-state index in [0.29, 0.717) is 6.10 Å². The molecule has 1 aliphatic carbocycles. The van der Waals surface area contributed by atoms with Gasteiger partial charge in [-0.3, -0.25) is 0 Å². The number of rotatable bonds is 0. The van der Waals surface area contributed by atoms with E-state index in [-0.39, 0.29) is 6.58 Å². The molecule has 46 valence electrons. The minimum absolute atomic E-state index is 0.198. The Labute approximate surface area is 51.4 Å². The summed E-state index contributed by atoms with van der Waals surface area (Å²) in [4.78, 5) is 0. The van der Waals surface area contributed by atoms with Gasteiger partial charge in [0, 0.05) is 6.58 Å². The topological polar surface area (TPSA) is 9.23 Å². The minimum Gasteiger partial charge on any atom is -0.378 e. The first-order valence-corrected chi connectivity index (χ1v) is 3.42. The van der Waals surface area contributed by atoms with Gasteiger partial charge in [0.15, 0.2) is 0 Å². The molecule has 3 atom stereocenters. The van der Waals surface area contributed by atoms with E-state index in [1.54, 1.807) is 0 Å². The van der Waals surface area contributed by atoms with Crippen molar-refractivity contribution in [1.82, 2.24) is 0 Å². The van der Waals surface area contributed by atoms with Crippen molar-refractivity contribution in [3.8, 4) is 0 Å². The molecule has 8 heavy (non-hydrogen) atoms. The number of fused-ring (bicyclic) bond motifs is 2. The maximum absolute atomic E-state index is 7.35. The molecule has 2 aliphatic rings. The van der Waals surface area contributed by atoms with Crippen molar-refractivity contribution < 1.29 is 6.11 Å². The molecule has 2 fully saturated rings. The van der Waals surface area contributed by atoms with Gasteiger partial charge < -0.3 is 4.74 Å². The highest BCUT2D eigenvalue weighted by Gasteiger charge is 2.28. The Kier molecular flexibility index (Phi) is 0.840. The average Bonchev–Trinajstić information content (AvgIpc) is 2.11. The molecule has 0 radical (unpaired) electrons. The molecule has 1 saturated carbocycles. The van der Waals surface area contributed by atoms with Gasteiger partial charge in [-0.05, 0) is 31.6 Å². The molecule has 2 bridgehead atoms. The highest BCUT2D eigenvalue weighted by atomic mass is 16.5. The van der Waals surface area contributed by atoms with Gasteiger partial charge in [0.2, 0.25) is 0 Å². The van der Waals surface area contributed by atoms with E-state index in [1.807, 2.05) is 0 Å². The zero-order valence-corrected chi connectivity index (χ0v) is 4.97. The molecule has 3 unspecified atom stereocenters. The fourth-order valence-corrected chi connectivity index (χ4v) is 1.69. The smallest absolute Gasteiger partial charge is 0.0577 e. The van der Waals surface area contributed by atoms with Crippen LogP contribution in [0.15, 0.2) is 0 Å². The maximum atomic E-state index is 7.35. The summed E-state index contributed by atoms with van der Waals surface area (Å²) in [7, 11) is 0. The minimum atomic E-state index is -0.198. The van der Waals surface area contributed by atoms with Crippen molar-refractivity contribution in [3.63, 3.8) is 0 Å². The van der Waals surface area contributed by atoms with Crippen molar-refractivity contribution in [2.45, 2.75) is 31.8 Å². The predicted molar refractivity (Wildman–Crippen MR) is 31.7 cm³/mol. The quantitative estimate of drug-likeness (QED) is 0.463. The van der Waals surface area contributed by atoms with Crippen LogP contribution in [0.2, 0.25) is 0 Å². The van der Waals surface area contributed by atoms with Crippen LogP contribution in [0.3, 0.4) is 0 Å². The molecule has 1 saturated heterocycles. The van der Waals surface area contributed by atoms with Crippen LogP contribution in [0.5, 0.6) is 0 Å². The SMILES string of the molecule is [2H]C1CC2CCC(C2)O1. The Morgan fingerprint density at radius 2 is 2.38 bits per heavy atom. The average molecular weight is 113 g/mol. The molecule has 1 nitrogen and oxygen atoms in total. The van der Waals surface area contributed by atoms with Gasteiger partial charge in [-0.25, -0.2) is 0 Å². The first kappa shape index (κ1) is 3.89. The molecular formula is C7H12O. The van der Waals surface area contributed by atoms with E-state index in [9.17, 15) is 0 Å². The van der Waals surface area contributed by atoms with Gasteiger partial charge in [-0.15, -0.1) is 0 Å². The number of hydrogen-bond acceptors (Lipinski definition) is 1. The molecule has 0 aromatic heterocycles. The molecule has 2 rings (SSSR count). The second-order valence-corrected chi connectivity index (χ2v) is 2.84. The van der Waals surface area contributed by atoms with E-state index < -0.39 is 0 Å². The summed E-state index contributed by atoms with van der Waals surface area (Å²) < 4.78 is 12.7. The summed E-state index contributed by atoms with van der Waals surface area (Å²) in [5.74, 6) is 0.825. The molecule has 1 heterocycles. The van der Waals surface area contributed by atoms with E-state index >= 15 is 0 Å². The Hall–Kier alpha value is -0.0400. The zero-order valence-electron chi connectivity index (χ0n) is 5.97. The summed E-state index contributed by atoms with van der Waals surface area (Å²) in [5.41, 5.74) is 0. The van der Waals surface area contributed by atoms with Crippen molar-refractivity contribution >= 4 is 0 Å². The van der Waals surface area contributed by atoms with Crippen LogP contribution in [0, 0.1) is 5.92 Å². The summed E-state index contributed by atoms with van der Waals surface area (Å²) in [6.07, 6.45) is 5.18. The molecule has 0 amide bonds. The molecule has 0 aromatic rings. The Morgan fingerprint density at radius 1 is 1.38 bits per heavy atom. The Morgan fingerprint density at radius 3 is 3.25 bits per heavy atom. The summed E-state index contributed by atoms with van der Waals surface area (Å²) >= 11 is 0. The van der Waals surface area contributed by atoms with Crippen LogP contribution in [0.25, 0.3) is 0 Å². The maximum Gasteiger partial charge on any atom is 0.0577 e. The fourth-order valence-electron chi connectivity index (χ4n) is 1.69. The van der Waals surface area contributed by atoms with Gasteiger partial charge in [-0.1, -0.05) is 0 Å². The standard InChI is InChI=1S/C7H12O/c1-2-7-5-6(1)3-4-8-7/h6-7H,1-5H2/i4D. The van der Waals surface area contributed by atoms with Crippen LogP contribution in [-0.4, -0.2) is 12.7 Å². The third-order valence-corrected chi connectivity index (χ3v) is 2.21. The molecule has 0 N–H and O–H groups in total. The second-order valence-electron chi connectivity index (χ2n) is 2.84. The highest BCUT2D eigenvalue weighted by molar-refractivity contribution is 4.79. The molecule has 0 spiro atoms. The second kappa shape index (κ2) is 1.73. The van der Waals surface area contributed by atoms with E-state index in [4.69, 9.17) is 6.11 Å². The number of ether oxygens (including phenoxy) is 1. The summed E-state index contributed by atoms with van der Waals surface area (Å²) in [6, 6.07) is 0. The lowest BCUT2D eigenvalue weighted by atomic mass is 10.0. The highest BCUT2D eigenvalue weighted by Crippen LogP contribution is 2.34. The first-order chi connectivity index (χ1) is 4.34. The van der Waals surface area contributed by atoms with Gasteiger partial charge in [-0.2, -0.15) is 0 Å². The molecular weight excluding hydrogens is 100 g/mol. The van der Waals surface area contributed by atoms with E-state index in [2.05, 4.69) is 0 Å². The van der Waals surface area contributed by atoms with Gasteiger partial charge in [0.25, 0.3) is 0 Å². The van der Waals surface area contributed by atoms with E-state index in [0.717, 1.165) is 12.3 Å². The normalized spacial score (nSPS) is 56.0. The van der Waals surface area contributed by atoms with Crippen LogP contribution in [0.1, 0.15) is 27.1 Å². The monoisotopic (exact) mass is 113 g/mol. The van der Waals surface area contributed by atoms with Gasteiger partial charge in [0.05, 0.1) is 7.47 Å². The van der Waals surface area contributed by atoms with E-state index in [1.165, 1.54) is 19.3 Å². The zero-order chi connectivity index (χ0) is 6.27. The van der Waals surface area contributed by atoms with Crippen LogP contribution in [-0.2, 0) is 4.74 Å². The lowest BCUT2D eigenvalue weighted by Gasteiger charge is -2.18. The van der Waals surface area contributed by atoms with Crippen molar-refractivity contribution in [1.29, 1.82) is 0 Å². The molecule has 0 aromatic carbocycles. The van der Waals surface area contributed by atoms with Crippen LogP contribution >= 0.6 is 0 Å². The fraction of sp³-hybridized carbons (Fsp3) is 1.00. The third-order valence-electron chi connectivity index (χ3n) is 2.21. The summed E-state index contributed by atoms with van der Waals surface area (Å²) in [6.45, 7) is -0.198. The van der Waals surface area contributed by atoms with Crippen molar-refractivity contribution in [2.75, 3.05) is 6.58 Å². The van der Waals surface area contributed by atoms with Gasteiger partial charge in [0.1, 0.15) is 0 Å². The first-order valence-electron chi connectivity index (χ1n) is 4.00. The predicted octanol–water partition coefficient (Wildman–Crippen LogP) is 1.58. The lowest BCUT2D eigenvalue weighted by Crippen LogP contribution is -2.16. The van der Waals surface area contributed by atoms with Crippen molar-refractivity contribution in [3.05, 3.63) is 0 Å². The van der Waals surface area contributed by atoms with Crippen molar-refractivity contribution in [2.24, 2.45) is 5.92 Å². The molecule has 1 aliphatic heterocycles. The Balaban J connectivity index is 2.03. The molecule has 1 heteroatoms.